The van der Waals surface area contributed by atoms with Crippen LogP contribution in [0.3, 0.4) is 0 Å². The Hall–Kier alpha value is -3.97. The topological polar surface area (TPSA) is 78.2 Å². The zero-order chi connectivity index (χ0) is 25.6. The lowest BCUT2D eigenvalue weighted by Crippen LogP contribution is -2.29. The average molecular weight is 506 g/mol. The van der Waals surface area contributed by atoms with E-state index in [1.54, 1.807) is 49.6 Å². The molecule has 2 heterocycles. The van der Waals surface area contributed by atoms with E-state index in [1.807, 2.05) is 26.0 Å². The summed E-state index contributed by atoms with van der Waals surface area (Å²) in [6.45, 7) is 4.25. The Kier molecular flexibility index (Phi) is 6.10. The number of rotatable bonds is 6. The van der Waals surface area contributed by atoms with Gasteiger partial charge in [0.05, 0.1) is 42.8 Å². The van der Waals surface area contributed by atoms with Crippen LogP contribution in [-0.4, -0.2) is 26.7 Å². The van der Waals surface area contributed by atoms with E-state index in [9.17, 15) is 9.59 Å². The van der Waals surface area contributed by atoms with Crippen LogP contribution >= 0.6 is 11.6 Å². The Bertz CT molecular complexity index is 1560. The third-order valence-corrected chi connectivity index (χ3v) is 6.54. The maximum absolute atomic E-state index is 13.8. The standard InChI is InChI=1S/C28H24ClNO6/c1-5-35-22-10-7-16(13-23(22)34-4)25-24-26(31)18-12-15(2)6-9-20(18)36-27(24)28(32)30(25)17-8-11-21(33-3)19(29)14-17/h6-14,25H,5H2,1-4H3. The summed E-state index contributed by atoms with van der Waals surface area (Å²) in [6, 6.07) is 14.9. The van der Waals surface area contributed by atoms with Gasteiger partial charge in [-0.05, 0) is 61.9 Å². The minimum Gasteiger partial charge on any atom is -0.495 e. The van der Waals surface area contributed by atoms with Gasteiger partial charge in [-0.15, -0.1) is 0 Å². The zero-order valence-corrected chi connectivity index (χ0v) is 21.0. The van der Waals surface area contributed by atoms with Crippen LogP contribution in [0.5, 0.6) is 17.2 Å². The highest BCUT2D eigenvalue weighted by molar-refractivity contribution is 6.32. The van der Waals surface area contributed by atoms with Crippen molar-refractivity contribution in [1.82, 2.24) is 0 Å². The molecule has 7 nitrogen and oxygen atoms in total. The van der Waals surface area contributed by atoms with Crippen LogP contribution in [0.1, 0.15) is 40.2 Å². The normalized spacial score (nSPS) is 14.8. The number of carbonyl (C=O) groups excluding carboxylic acids is 1. The number of hydrogen-bond acceptors (Lipinski definition) is 6. The number of anilines is 1. The molecule has 1 unspecified atom stereocenters. The highest BCUT2D eigenvalue weighted by Gasteiger charge is 2.44. The van der Waals surface area contributed by atoms with E-state index in [1.165, 1.54) is 12.0 Å². The van der Waals surface area contributed by atoms with Gasteiger partial charge in [-0.25, -0.2) is 0 Å². The van der Waals surface area contributed by atoms with Crippen LogP contribution in [0.15, 0.2) is 63.8 Å². The molecule has 1 amide bonds. The van der Waals surface area contributed by atoms with Gasteiger partial charge >= 0.3 is 0 Å². The van der Waals surface area contributed by atoms with Gasteiger partial charge in [-0.3, -0.25) is 14.5 Å². The summed E-state index contributed by atoms with van der Waals surface area (Å²) in [7, 11) is 3.06. The first kappa shape index (κ1) is 23.8. The van der Waals surface area contributed by atoms with E-state index in [-0.39, 0.29) is 16.8 Å². The van der Waals surface area contributed by atoms with Crippen LogP contribution in [0.25, 0.3) is 11.0 Å². The van der Waals surface area contributed by atoms with Gasteiger partial charge < -0.3 is 18.6 Å². The lowest BCUT2D eigenvalue weighted by atomic mass is 9.97. The fourth-order valence-corrected chi connectivity index (χ4v) is 4.85. The van der Waals surface area contributed by atoms with Gasteiger partial charge in [0.15, 0.2) is 16.9 Å². The number of methoxy groups -OCH3 is 2. The van der Waals surface area contributed by atoms with Crippen LogP contribution in [-0.2, 0) is 0 Å². The summed E-state index contributed by atoms with van der Waals surface area (Å²) in [5.41, 5.74) is 2.43. The molecule has 0 bridgehead atoms. The Morgan fingerprint density at radius 2 is 1.69 bits per heavy atom. The van der Waals surface area contributed by atoms with Crippen molar-refractivity contribution in [3.8, 4) is 17.2 Å². The highest BCUT2D eigenvalue weighted by atomic mass is 35.5. The Labute approximate surface area is 212 Å². The van der Waals surface area contributed by atoms with Crippen molar-refractivity contribution in [1.29, 1.82) is 0 Å². The third kappa shape index (κ3) is 3.76. The van der Waals surface area contributed by atoms with Crippen molar-refractivity contribution in [3.63, 3.8) is 0 Å². The summed E-state index contributed by atoms with van der Waals surface area (Å²) in [4.78, 5) is 29.1. The molecule has 8 heteroatoms. The van der Waals surface area contributed by atoms with Gasteiger partial charge in [0.25, 0.3) is 5.91 Å². The molecule has 0 saturated carbocycles. The summed E-state index contributed by atoms with van der Waals surface area (Å²) >= 11 is 6.41. The molecular formula is C28H24ClNO6. The summed E-state index contributed by atoms with van der Waals surface area (Å²) in [6.07, 6.45) is 0. The van der Waals surface area contributed by atoms with Crippen molar-refractivity contribution >= 4 is 34.2 Å². The number of aryl methyl sites for hydroxylation is 1. The average Bonchev–Trinajstić information content (AvgIpc) is 3.17. The second-order valence-corrected chi connectivity index (χ2v) is 8.82. The zero-order valence-electron chi connectivity index (χ0n) is 20.3. The van der Waals surface area contributed by atoms with Crippen molar-refractivity contribution in [3.05, 3.63) is 92.3 Å². The van der Waals surface area contributed by atoms with Gasteiger partial charge in [0.1, 0.15) is 11.3 Å². The fraction of sp³-hybridized carbons (Fsp3) is 0.214. The predicted molar refractivity (Wildman–Crippen MR) is 138 cm³/mol. The fourth-order valence-electron chi connectivity index (χ4n) is 4.60. The molecule has 0 radical (unpaired) electrons. The molecule has 0 spiro atoms. The maximum Gasteiger partial charge on any atom is 0.295 e. The smallest absolute Gasteiger partial charge is 0.295 e. The Morgan fingerprint density at radius 1 is 0.944 bits per heavy atom. The van der Waals surface area contributed by atoms with Crippen molar-refractivity contribution in [2.75, 3.05) is 25.7 Å². The Morgan fingerprint density at radius 3 is 2.39 bits per heavy atom. The van der Waals surface area contributed by atoms with Crippen molar-refractivity contribution < 1.29 is 23.4 Å². The van der Waals surface area contributed by atoms with Gasteiger partial charge in [0.2, 0.25) is 5.76 Å². The number of carbonyl (C=O) groups is 1. The van der Waals surface area contributed by atoms with E-state index >= 15 is 0 Å². The van der Waals surface area contributed by atoms with E-state index in [2.05, 4.69) is 0 Å². The molecule has 0 aliphatic carbocycles. The molecule has 0 saturated heterocycles. The number of hydrogen-bond donors (Lipinski definition) is 0. The Balaban J connectivity index is 1.78. The SMILES string of the molecule is CCOc1ccc(C2c3c(oc4ccc(C)cc4c3=O)C(=O)N2c2ccc(OC)c(Cl)c2)cc1OC. The summed E-state index contributed by atoms with van der Waals surface area (Å²) < 4.78 is 22.5. The minimum atomic E-state index is -0.775. The molecular weight excluding hydrogens is 482 g/mol. The number of ether oxygens (including phenoxy) is 3. The monoisotopic (exact) mass is 505 g/mol. The number of fused-ring (bicyclic) bond motifs is 2. The van der Waals surface area contributed by atoms with Gasteiger partial charge in [-0.1, -0.05) is 29.3 Å². The van der Waals surface area contributed by atoms with Crippen molar-refractivity contribution in [2.24, 2.45) is 0 Å². The number of amides is 1. The molecule has 1 aromatic heterocycles. The molecule has 0 fully saturated rings. The molecule has 4 aromatic rings. The van der Waals surface area contributed by atoms with Gasteiger partial charge in [0, 0.05) is 5.69 Å². The molecule has 1 atom stereocenters. The maximum atomic E-state index is 13.8. The number of benzene rings is 3. The lowest BCUT2D eigenvalue weighted by molar-refractivity contribution is 0.0971. The third-order valence-electron chi connectivity index (χ3n) is 6.24. The molecule has 184 valence electrons. The first-order chi connectivity index (χ1) is 17.4. The van der Waals surface area contributed by atoms with E-state index < -0.39 is 11.9 Å². The first-order valence-electron chi connectivity index (χ1n) is 11.4. The van der Waals surface area contributed by atoms with Crippen LogP contribution in [0.4, 0.5) is 5.69 Å². The van der Waals surface area contributed by atoms with Crippen LogP contribution in [0.2, 0.25) is 5.02 Å². The largest absolute Gasteiger partial charge is 0.495 e. The molecule has 3 aromatic carbocycles. The summed E-state index contributed by atoms with van der Waals surface area (Å²) in [5.74, 6) is 1.08. The van der Waals surface area contributed by atoms with E-state index in [0.717, 1.165) is 5.56 Å². The lowest BCUT2D eigenvalue weighted by Gasteiger charge is -2.26. The molecule has 5 rings (SSSR count). The van der Waals surface area contributed by atoms with Crippen LogP contribution in [0, 0.1) is 6.92 Å². The molecule has 36 heavy (non-hydrogen) atoms. The van der Waals surface area contributed by atoms with E-state index in [0.29, 0.717) is 51.1 Å². The number of nitrogens with zero attached hydrogens (tertiary/aromatic N) is 1. The second-order valence-electron chi connectivity index (χ2n) is 8.41. The molecule has 0 N–H and O–H groups in total. The molecule has 1 aliphatic rings. The molecule has 1 aliphatic heterocycles. The van der Waals surface area contributed by atoms with Crippen molar-refractivity contribution in [2.45, 2.75) is 19.9 Å². The highest BCUT2D eigenvalue weighted by Crippen LogP contribution is 2.44. The summed E-state index contributed by atoms with van der Waals surface area (Å²) in [5, 5.41) is 0.751. The number of halogens is 1. The minimum absolute atomic E-state index is 0.00106. The van der Waals surface area contributed by atoms with Gasteiger partial charge in [-0.2, -0.15) is 0 Å². The van der Waals surface area contributed by atoms with Crippen LogP contribution < -0.4 is 24.5 Å². The first-order valence-corrected chi connectivity index (χ1v) is 11.8. The predicted octanol–water partition coefficient (Wildman–Crippen LogP) is 5.92. The quantitative estimate of drug-likeness (QED) is 0.323. The second kappa shape index (κ2) is 9.24. The van der Waals surface area contributed by atoms with E-state index in [4.69, 9.17) is 30.2 Å².